The van der Waals surface area contributed by atoms with Gasteiger partial charge in [-0.25, -0.2) is 0 Å². The molecule has 110 valence electrons. The van der Waals surface area contributed by atoms with Gasteiger partial charge in [0.15, 0.2) is 0 Å². The number of carbonyl (C=O) groups is 1. The smallest absolute Gasteiger partial charge is 0.251 e. The largest absolute Gasteiger partial charge is 0.497 e. The lowest BCUT2D eigenvalue weighted by atomic mass is 10.2. The Kier molecular flexibility index (Phi) is 5.21. The maximum absolute atomic E-state index is 12.0. The summed E-state index contributed by atoms with van der Waals surface area (Å²) in [7, 11) is 1.60. The van der Waals surface area contributed by atoms with Crippen molar-refractivity contribution < 1.29 is 14.3 Å². The van der Waals surface area contributed by atoms with Gasteiger partial charge >= 0.3 is 0 Å². The fraction of sp³-hybridized carbons (Fsp3) is 0.235. The first-order chi connectivity index (χ1) is 10.2. The predicted molar refractivity (Wildman–Crippen MR) is 81.8 cm³/mol. The SMILES string of the molecule is CCOc1cccc(CNC(=O)c2ccc(OC)cc2)c1. The summed E-state index contributed by atoms with van der Waals surface area (Å²) < 4.78 is 10.5. The van der Waals surface area contributed by atoms with Gasteiger partial charge in [0, 0.05) is 12.1 Å². The van der Waals surface area contributed by atoms with Gasteiger partial charge in [-0.05, 0) is 48.9 Å². The summed E-state index contributed by atoms with van der Waals surface area (Å²) in [6.07, 6.45) is 0. The van der Waals surface area contributed by atoms with Crippen LogP contribution in [0.2, 0.25) is 0 Å². The lowest BCUT2D eigenvalue weighted by molar-refractivity contribution is 0.0951. The highest BCUT2D eigenvalue weighted by Crippen LogP contribution is 2.14. The number of ether oxygens (including phenoxy) is 2. The van der Waals surface area contributed by atoms with Gasteiger partial charge in [0.1, 0.15) is 11.5 Å². The van der Waals surface area contributed by atoms with E-state index in [1.807, 2.05) is 31.2 Å². The summed E-state index contributed by atoms with van der Waals surface area (Å²) in [5.74, 6) is 1.43. The summed E-state index contributed by atoms with van der Waals surface area (Å²) in [5, 5.41) is 2.89. The van der Waals surface area contributed by atoms with E-state index >= 15 is 0 Å². The maximum atomic E-state index is 12.0. The van der Waals surface area contributed by atoms with Crippen molar-refractivity contribution in [3.8, 4) is 11.5 Å². The highest BCUT2D eigenvalue weighted by molar-refractivity contribution is 5.94. The van der Waals surface area contributed by atoms with Crippen LogP contribution in [0, 0.1) is 0 Å². The molecule has 0 saturated carbocycles. The van der Waals surface area contributed by atoms with Crippen molar-refractivity contribution >= 4 is 5.91 Å². The number of hydrogen-bond donors (Lipinski definition) is 1. The van der Waals surface area contributed by atoms with Crippen molar-refractivity contribution in [2.24, 2.45) is 0 Å². The van der Waals surface area contributed by atoms with Crippen LogP contribution in [0.3, 0.4) is 0 Å². The van der Waals surface area contributed by atoms with E-state index in [1.165, 1.54) is 0 Å². The van der Waals surface area contributed by atoms with Crippen LogP contribution in [-0.2, 0) is 6.54 Å². The zero-order valence-electron chi connectivity index (χ0n) is 12.3. The van der Waals surface area contributed by atoms with Gasteiger partial charge < -0.3 is 14.8 Å². The second-order valence-electron chi connectivity index (χ2n) is 4.49. The van der Waals surface area contributed by atoms with E-state index in [0.29, 0.717) is 18.7 Å². The number of benzene rings is 2. The Morgan fingerprint density at radius 1 is 1.10 bits per heavy atom. The van der Waals surface area contributed by atoms with E-state index in [1.54, 1.807) is 31.4 Å². The van der Waals surface area contributed by atoms with E-state index < -0.39 is 0 Å². The number of hydrogen-bond acceptors (Lipinski definition) is 3. The monoisotopic (exact) mass is 285 g/mol. The average Bonchev–Trinajstić information content (AvgIpc) is 2.53. The molecule has 0 aliphatic carbocycles. The third-order valence-corrected chi connectivity index (χ3v) is 3.01. The summed E-state index contributed by atoms with van der Waals surface area (Å²) in [6.45, 7) is 3.03. The summed E-state index contributed by atoms with van der Waals surface area (Å²) in [6, 6.07) is 14.7. The second-order valence-corrected chi connectivity index (χ2v) is 4.49. The normalized spacial score (nSPS) is 10.0. The van der Waals surface area contributed by atoms with Gasteiger partial charge in [-0.2, -0.15) is 0 Å². The molecule has 0 aromatic heterocycles. The van der Waals surface area contributed by atoms with E-state index in [-0.39, 0.29) is 5.91 Å². The van der Waals surface area contributed by atoms with Gasteiger partial charge in [-0.3, -0.25) is 4.79 Å². The molecule has 0 aliphatic rings. The number of rotatable bonds is 6. The molecular weight excluding hydrogens is 266 g/mol. The highest BCUT2D eigenvalue weighted by atomic mass is 16.5. The molecule has 0 unspecified atom stereocenters. The maximum Gasteiger partial charge on any atom is 0.251 e. The zero-order valence-corrected chi connectivity index (χ0v) is 12.3. The quantitative estimate of drug-likeness (QED) is 0.887. The minimum atomic E-state index is -0.112. The molecular formula is C17H19NO3. The molecule has 0 fully saturated rings. The Bertz CT molecular complexity index is 593. The van der Waals surface area contributed by atoms with Crippen LogP contribution < -0.4 is 14.8 Å². The minimum absolute atomic E-state index is 0.112. The third-order valence-electron chi connectivity index (χ3n) is 3.01. The summed E-state index contributed by atoms with van der Waals surface area (Å²) >= 11 is 0. The van der Waals surface area contributed by atoms with Crippen molar-refractivity contribution in [1.29, 1.82) is 0 Å². The van der Waals surface area contributed by atoms with Crippen LogP contribution in [0.4, 0.5) is 0 Å². The van der Waals surface area contributed by atoms with Crippen molar-refractivity contribution in [2.75, 3.05) is 13.7 Å². The third kappa shape index (κ3) is 4.24. The van der Waals surface area contributed by atoms with Crippen LogP contribution in [0.25, 0.3) is 0 Å². The molecule has 1 N–H and O–H groups in total. The van der Waals surface area contributed by atoms with Gasteiger partial charge in [-0.1, -0.05) is 12.1 Å². The zero-order chi connectivity index (χ0) is 15.1. The Hall–Kier alpha value is -2.49. The molecule has 2 aromatic carbocycles. The number of nitrogens with one attached hydrogen (secondary N) is 1. The van der Waals surface area contributed by atoms with E-state index in [4.69, 9.17) is 9.47 Å². The van der Waals surface area contributed by atoms with Gasteiger partial charge in [0.25, 0.3) is 5.91 Å². The van der Waals surface area contributed by atoms with Crippen molar-refractivity contribution in [3.63, 3.8) is 0 Å². The first kappa shape index (κ1) is 14.9. The second kappa shape index (κ2) is 7.33. The van der Waals surface area contributed by atoms with Crippen molar-refractivity contribution in [3.05, 3.63) is 59.7 Å². The fourth-order valence-corrected chi connectivity index (χ4v) is 1.94. The number of carbonyl (C=O) groups excluding carboxylic acids is 1. The fourth-order valence-electron chi connectivity index (χ4n) is 1.94. The topological polar surface area (TPSA) is 47.6 Å². The van der Waals surface area contributed by atoms with Gasteiger partial charge in [0.05, 0.1) is 13.7 Å². The highest BCUT2D eigenvalue weighted by Gasteiger charge is 2.05. The molecule has 2 rings (SSSR count). The molecule has 2 aromatic rings. The predicted octanol–water partition coefficient (Wildman–Crippen LogP) is 3.02. The molecule has 0 atom stereocenters. The molecule has 4 heteroatoms. The van der Waals surface area contributed by atoms with Gasteiger partial charge in [-0.15, -0.1) is 0 Å². The Labute approximate surface area is 124 Å². The van der Waals surface area contributed by atoms with Crippen LogP contribution in [-0.4, -0.2) is 19.6 Å². The molecule has 4 nitrogen and oxygen atoms in total. The van der Waals surface area contributed by atoms with Crippen molar-refractivity contribution in [1.82, 2.24) is 5.32 Å². The van der Waals surface area contributed by atoms with E-state index in [9.17, 15) is 4.79 Å². The van der Waals surface area contributed by atoms with Crippen LogP contribution in [0.1, 0.15) is 22.8 Å². The molecule has 0 spiro atoms. The molecule has 1 amide bonds. The average molecular weight is 285 g/mol. The van der Waals surface area contributed by atoms with E-state index in [0.717, 1.165) is 17.1 Å². The first-order valence-electron chi connectivity index (χ1n) is 6.87. The molecule has 0 saturated heterocycles. The van der Waals surface area contributed by atoms with E-state index in [2.05, 4.69) is 5.32 Å². The Balaban J connectivity index is 1.95. The summed E-state index contributed by atoms with van der Waals surface area (Å²) in [5.41, 5.74) is 1.61. The minimum Gasteiger partial charge on any atom is -0.497 e. The molecule has 0 aliphatic heterocycles. The van der Waals surface area contributed by atoms with Crippen LogP contribution in [0.15, 0.2) is 48.5 Å². The first-order valence-corrected chi connectivity index (χ1v) is 6.87. The standard InChI is InChI=1S/C17H19NO3/c1-3-21-16-6-4-5-13(11-16)12-18-17(19)14-7-9-15(20-2)10-8-14/h4-11H,3,12H2,1-2H3,(H,18,19). The van der Waals surface area contributed by atoms with Crippen LogP contribution in [0.5, 0.6) is 11.5 Å². The molecule has 0 heterocycles. The van der Waals surface area contributed by atoms with Gasteiger partial charge in [0.2, 0.25) is 0 Å². The van der Waals surface area contributed by atoms with Crippen LogP contribution >= 0.6 is 0 Å². The lowest BCUT2D eigenvalue weighted by Crippen LogP contribution is -2.22. The molecule has 21 heavy (non-hydrogen) atoms. The molecule has 0 bridgehead atoms. The summed E-state index contributed by atoms with van der Waals surface area (Å²) in [4.78, 5) is 12.0. The van der Waals surface area contributed by atoms with Crippen molar-refractivity contribution in [2.45, 2.75) is 13.5 Å². The number of methoxy groups -OCH3 is 1. The Morgan fingerprint density at radius 2 is 1.86 bits per heavy atom. The number of amides is 1. The lowest BCUT2D eigenvalue weighted by Gasteiger charge is -2.08. The molecule has 0 radical (unpaired) electrons. The Morgan fingerprint density at radius 3 is 2.52 bits per heavy atom.